The maximum Gasteiger partial charge on any atom is 0.354 e. The first kappa shape index (κ1) is 9.13. The molecule has 0 radical (unpaired) electrons. The van der Waals surface area contributed by atoms with Crippen LogP contribution in [0, 0.1) is 0 Å². The van der Waals surface area contributed by atoms with Crippen LogP contribution in [-0.2, 0) is 17.7 Å². The SMILES string of the molecule is COC(=O)c1ccc(CCl)n1C. The minimum absolute atomic E-state index is 0.339. The van der Waals surface area contributed by atoms with Gasteiger partial charge >= 0.3 is 5.97 Å². The molecule has 1 aromatic rings. The summed E-state index contributed by atoms with van der Waals surface area (Å²) in [4.78, 5) is 11.1. The highest BCUT2D eigenvalue weighted by Crippen LogP contribution is 2.10. The van der Waals surface area contributed by atoms with Crippen molar-refractivity contribution in [2.75, 3.05) is 7.11 Å². The average molecular weight is 188 g/mol. The molecule has 0 fully saturated rings. The lowest BCUT2D eigenvalue weighted by Gasteiger charge is -2.02. The fraction of sp³-hybridized carbons (Fsp3) is 0.375. The Bertz CT molecular complexity index is 293. The van der Waals surface area contributed by atoms with Gasteiger partial charge in [0.05, 0.1) is 13.0 Å². The Labute approximate surface area is 75.9 Å². The summed E-state index contributed by atoms with van der Waals surface area (Å²) in [6, 6.07) is 3.50. The summed E-state index contributed by atoms with van der Waals surface area (Å²) in [5.41, 5.74) is 1.42. The molecule has 0 aliphatic rings. The Hall–Kier alpha value is -0.960. The van der Waals surface area contributed by atoms with Gasteiger partial charge < -0.3 is 9.30 Å². The molecule has 66 valence electrons. The van der Waals surface area contributed by atoms with Crippen molar-refractivity contribution < 1.29 is 9.53 Å². The molecule has 0 aromatic carbocycles. The molecule has 3 nitrogen and oxygen atoms in total. The van der Waals surface area contributed by atoms with Gasteiger partial charge in [-0.3, -0.25) is 0 Å². The molecule has 1 rings (SSSR count). The van der Waals surface area contributed by atoms with E-state index in [0.717, 1.165) is 5.69 Å². The highest BCUT2D eigenvalue weighted by molar-refractivity contribution is 6.17. The lowest BCUT2D eigenvalue weighted by molar-refractivity contribution is 0.0589. The molecule has 0 bridgehead atoms. The van der Waals surface area contributed by atoms with E-state index in [4.69, 9.17) is 11.6 Å². The molecule has 12 heavy (non-hydrogen) atoms. The third-order valence-corrected chi connectivity index (χ3v) is 2.03. The predicted molar refractivity (Wildman–Crippen MR) is 46.3 cm³/mol. The van der Waals surface area contributed by atoms with Gasteiger partial charge in [0, 0.05) is 12.7 Å². The van der Waals surface area contributed by atoms with E-state index in [2.05, 4.69) is 4.74 Å². The van der Waals surface area contributed by atoms with E-state index in [1.807, 2.05) is 0 Å². The van der Waals surface area contributed by atoms with Crippen LogP contribution in [0.3, 0.4) is 0 Å². The van der Waals surface area contributed by atoms with Crippen molar-refractivity contribution >= 4 is 17.6 Å². The van der Waals surface area contributed by atoms with Crippen LogP contribution >= 0.6 is 11.6 Å². The van der Waals surface area contributed by atoms with Crippen molar-refractivity contribution in [2.24, 2.45) is 7.05 Å². The third-order valence-electron chi connectivity index (χ3n) is 1.76. The van der Waals surface area contributed by atoms with Crippen molar-refractivity contribution in [3.8, 4) is 0 Å². The van der Waals surface area contributed by atoms with Crippen LogP contribution in [0.25, 0.3) is 0 Å². The number of nitrogens with zero attached hydrogens (tertiary/aromatic N) is 1. The standard InChI is InChI=1S/C8H10ClNO2/c1-10-6(5-9)3-4-7(10)8(11)12-2/h3-4H,5H2,1-2H3. The number of esters is 1. The molecule has 0 saturated carbocycles. The lowest BCUT2D eigenvalue weighted by atomic mass is 10.4. The summed E-state index contributed by atoms with van der Waals surface area (Å²) >= 11 is 5.62. The molecule has 0 saturated heterocycles. The van der Waals surface area contributed by atoms with Gasteiger partial charge in [0.1, 0.15) is 5.69 Å². The fourth-order valence-corrected chi connectivity index (χ4v) is 1.27. The Morgan fingerprint density at radius 1 is 1.67 bits per heavy atom. The Balaban J connectivity index is 3.02. The second kappa shape index (κ2) is 3.63. The Morgan fingerprint density at radius 3 is 2.75 bits per heavy atom. The number of carbonyl (C=O) groups excluding carboxylic acids is 1. The summed E-state index contributed by atoms with van der Waals surface area (Å²) in [6.07, 6.45) is 0. The molecule has 0 amide bonds. The quantitative estimate of drug-likeness (QED) is 0.520. The van der Waals surface area contributed by atoms with E-state index >= 15 is 0 Å². The number of aromatic nitrogens is 1. The van der Waals surface area contributed by atoms with E-state index in [1.165, 1.54) is 7.11 Å². The molecule has 0 aliphatic heterocycles. The number of hydrogen-bond acceptors (Lipinski definition) is 2. The van der Waals surface area contributed by atoms with Gasteiger partial charge in [-0.25, -0.2) is 4.79 Å². The molecule has 4 heteroatoms. The number of rotatable bonds is 2. The Kier molecular flexibility index (Phi) is 2.76. The van der Waals surface area contributed by atoms with Crippen molar-refractivity contribution in [2.45, 2.75) is 5.88 Å². The van der Waals surface area contributed by atoms with Gasteiger partial charge in [-0.2, -0.15) is 0 Å². The molecular formula is C8H10ClNO2. The predicted octanol–water partition coefficient (Wildman–Crippen LogP) is 1.55. The first-order valence-electron chi connectivity index (χ1n) is 3.49. The first-order chi connectivity index (χ1) is 5.70. The van der Waals surface area contributed by atoms with E-state index in [0.29, 0.717) is 11.6 Å². The van der Waals surface area contributed by atoms with Crippen LogP contribution in [0.5, 0.6) is 0 Å². The van der Waals surface area contributed by atoms with E-state index in [9.17, 15) is 4.79 Å². The number of methoxy groups -OCH3 is 1. The smallest absolute Gasteiger partial charge is 0.354 e. The normalized spacial score (nSPS) is 9.92. The number of alkyl halides is 1. The number of halogens is 1. The van der Waals surface area contributed by atoms with Gasteiger partial charge in [-0.05, 0) is 12.1 Å². The van der Waals surface area contributed by atoms with Crippen LogP contribution in [-0.4, -0.2) is 17.6 Å². The molecule has 1 aromatic heterocycles. The van der Waals surface area contributed by atoms with E-state index < -0.39 is 0 Å². The maximum atomic E-state index is 11.1. The highest BCUT2D eigenvalue weighted by Gasteiger charge is 2.11. The summed E-state index contributed by atoms with van der Waals surface area (Å²) in [7, 11) is 3.14. The number of hydrogen-bond donors (Lipinski definition) is 0. The molecule has 0 N–H and O–H groups in total. The summed E-state index contributed by atoms with van der Waals surface area (Å²) in [5.74, 6) is 0.0573. The minimum Gasteiger partial charge on any atom is -0.464 e. The Morgan fingerprint density at radius 2 is 2.33 bits per heavy atom. The molecule has 0 unspecified atom stereocenters. The second-order valence-corrected chi connectivity index (χ2v) is 2.66. The fourth-order valence-electron chi connectivity index (χ4n) is 0.997. The van der Waals surface area contributed by atoms with Crippen molar-refractivity contribution in [1.82, 2.24) is 4.57 Å². The van der Waals surface area contributed by atoms with Crippen LogP contribution in [0.1, 0.15) is 16.2 Å². The molecule has 1 heterocycles. The van der Waals surface area contributed by atoms with Crippen LogP contribution in [0.15, 0.2) is 12.1 Å². The van der Waals surface area contributed by atoms with E-state index in [1.54, 1.807) is 23.7 Å². The zero-order valence-corrected chi connectivity index (χ0v) is 7.76. The maximum absolute atomic E-state index is 11.1. The van der Waals surface area contributed by atoms with Gasteiger partial charge in [0.2, 0.25) is 0 Å². The van der Waals surface area contributed by atoms with Crippen molar-refractivity contribution in [3.63, 3.8) is 0 Å². The monoisotopic (exact) mass is 187 g/mol. The van der Waals surface area contributed by atoms with Crippen LogP contribution in [0.4, 0.5) is 0 Å². The van der Waals surface area contributed by atoms with Crippen LogP contribution in [0.2, 0.25) is 0 Å². The van der Waals surface area contributed by atoms with Crippen LogP contribution < -0.4 is 0 Å². The third kappa shape index (κ3) is 1.46. The molecule has 0 aliphatic carbocycles. The van der Waals surface area contributed by atoms with Gasteiger partial charge in [0.25, 0.3) is 0 Å². The molecule has 0 spiro atoms. The van der Waals surface area contributed by atoms with Crippen molar-refractivity contribution in [3.05, 3.63) is 23.5 Å². The molecular weight excluding hydrogens is 178 g/mol. The number of ether oxygens (including phenoxy) is 1. The first-order valence-corrected chi connectivity index (χ1v) is 4.03. The zero-order valence-electron chi connectivity index (χ0n) is 7.00. The van der Waals surface area contributed by atoms with Crippen molar-refractivity contribution in [1.29, 1.82) is 0 Å². The van der Waals surface area contributed by atoms with E-state index in [-0.39, 0.29) is 5.97 Å². The zero-order chi connectivity index (χ0) is 9.14. The minimum atomic E-state index is -0.339. The topological polar surface area (TPSA) is 31.2 Å². The summed E-state index contributed by atoms with van der Waals surface area (Å²) in [6.45, 7) is 0. The molecule has 0 atom stereocenters. The highest BCUT2D eigenvalue weighted by atomic mass is 35.5. The van der Waals surface area contributed by atoms with Gasteiger partial charge in [-0.1, -0.05) is 0 Å². The summed E-state index contributed by atoms with van der Waals surface area (Å²) < 4.78 is 6.29. The second-order valence-electron chi connectivity index (χ2n) is 2.39. The van der Waals surface area contributed by atoms with Gasteiger partial charge in [-0.15, -0.1) is 11.6 Å². The van der Waals surface area contributed by atoms with Gasteiger partial charge in [0.15, 0.2) is 0 Å². The largest absolute Gasteiger partial charge is 0.464 e. The summed E-state index contributed by atoms with van der Waals surface area (Å²) in [5, 5.41) is 0. The average Bonchev–Trinajstić information content (AvgIpc) is 2.45. The number of carbonyl (C=O) groups is 1. The lowest BCUT2D eigenvalue weighted by Crippen LogP contribution is -2.08.